The standard InChI is InChI=1S/C26H20ClFN2O3/c27-22-9-8-21(12-23(22)28)33-24-10-18(25-13-29-16-32-25)6-7-19(24)14-30-15-20(11-26(30)31)17-4-2-1-3-5-17/h1-10,12-13,16,20H,11,14-15H2. The number of benzene rings is 3. The number of halogens is 2. The van der Waals surface area contributed by atoms with E-state index in [9.17, 15) is 9.18 Å². The first-order valence-corrected chi connectivity index (χ1v) is 10.9. The molecule has 2 heterocycles. The van der Waals surface area contributed by atoms with Crippen molar-refractivity contribution in [2.24, 2.45) is 0 Å². The van der Waals surface area contributed by atoms with Gasteiger partial charge in [0.15, 0.2) is 12.2 Å². The van der Waals surface area contributed by atoms with Crippen molar-refractivity contribution in [3.63, 3.8) is 0 Å². The van der Waals surface area contributed by atoms with Gasteiger partial charge in [0, 0.05) is 42.6 Å². The number of ether oxygens (including phenoxy) is 1. The van der Waals surface area contributed by atoms with E-state index >= 15 is 0 Å². The summed E-state index contributed by atoms with van der Waals surface area (Å²) in [4.78, 5) is 18.6. The summed E-state index contributed by atoms with van der Waals surface area (Å²) in [6.45, 7) is 1.01. The number of hydrogen-bond acceptors (Lipinski definition) is 4. The maximum absolute atomic E-state index is 14.0. The Morgan fingerprint density at radius 1 is 1.12 bits per heavy atom. The van der Waals surface area contributed by atoms with Crippen LogP contribution in [0.2, 0.25) is 5.02 Å². The third-order valence-electron chi connectivity index (χ3n) is 5.75. The van der Waals surface area contributed by atoms with Crippen LogP contribution in [0.1, 0.15) is 23.5 Å². The van der Waals surface area contributed by atoms with E-state index in [0.717, 1.165) is 16.7 Å². The topological polar surface area (TPSA) is 55.6 Å². The van der Waals surface area contributed by atoms with Crippen molar-refractivity contribution < 1.29 is 18.3 Å². The second kappa shape index (κ2) is 9.08. The SMILES string of the molecule is O=C1CC(c2ccccc2)CN1Cc1ccc(-c2cnco2)cc1Oc1ccc(Cl)c(F)c1. The lowest BCUT2D eigenvalue weighted by molar-refractivity contribution is -0.128. The molecule has 1 unspecified atom stereocenters. The van der Waals surface area contributed by atoms with Crippen LogP contribution < -0.4 is 4.74 Å². The maximum Gasteiger partial charge on any atom is 0.223 e. The van der Waals surface area contributed by atoms with Crippen LogP contribution in [-0.4, -0.2) is 22.3 Å². The van der Waals surface area contributed by atoms with Gasteiger partial charge in [0.2, 0.25) is 5.91 Å². The summed E-state index contributed by atoms with van der Waals surface area (Å²) in [5, 5.41) is 0.0209. The smallest absolute Gasteiger partial charge is 0.223 e. The predicted octanol–water partition coefficient (Wildman–Crippen LogP) is 6.44. The fourth-order valence-electron chi connectivity index (χ4n) is 4.04. The van der Waals surface area contributed by atoms with Crippen molar-refractivity contribution in [2.45, 2.75) is 18.9 Å². The fraction of sp³-hybridized carbons (Fsp3) is 0.154. The molecule has 1 atom stereocenters. The third kappa shape index (κ3) is 4.61. The van der Waals surface area contributed by atoms with E-state index in [1.165, 1.54) is 18.5 Å². The van der Waals surface area contributed by atoms with Gasteiger partial charge in [-0.05, 0) is 23.8 Å². The molecule has 5 rings (SSSR count). The van der Waals surface area contributed by atoms with Crippen LogP contribution in [0.3, 0.4) is 0 Å². The van der Waals surface area contributed by atoms with Crippen LogP contribution in [0, 0.1) is 5.82 Å². The molecule has 0 spiro atoms. The molecule has 0 aliphatic carbocycles. The molecule has 4 aromatic rings. The quantitative estimate of drug-likeness (QED) is 0.331. The van der Waals surface area contributed by atoms with E-state index in [1.54, 1.807) is 18.3 Å². The van der Waals surface area contributed by atoms with E-state index in [0.29, 0.717) is 36.8 Å². The Kier molecular flexibility index (Phi) is 5.84. The highest BCUT2D eigenvalue weighted by Gasteiger charge is 2.31. The highest BCUT2D eigenvalue weighted by atomic mass is 35.5. The van der Waals surface area contributed by atoms with Gasteiger partial charge >= 0.3 is 0 Å². The molecule has 1 aromatic heterocycles. The molecule has 33 heavy (non-hydrogen) atoms. The minimum absolute atomic E-state index is 0.0209. The predicted molar refractivity (Wildman–Crippen MR) is 123 cm³/mol. The molecule has 1 amide bonds. The molecule has 5 nitrogen and oxygen atoms in total. The number of carbonyl (C=O) groups is 1. The molecule has 1 aliphatic heterocycles. The largest absolute Gasteiger partial charge is 0.457 e. The number of nitrogens with zero attached hydrogens (tertiary/aromatic N) is 2. The van der Waals surface area contributed by atoms with Gasteiger partial charge < -0.3 is 14.1 Å². The summed E-state index contributed by atoms with van der Waals surface area (Å²) in [5.74, 6) is 1.07. The summed E-state index contributed by atoms with van der Waals surface area (Å²) in [6, 6.07) is 19.9. The Hall–Kier alpha value is -3.64. The summed E-state index contributed by atoms with van der Waals surface area (Å²) in [5.41, 5.74) is 2.72. The summed E-state index contributed by atoms with van der Waals surface area (Å²) >= 11 is 5.81. The summed E-state index contributed by atoms with van der Waals surface area (Å²) in [6.07, 6.45) is 3.43. The van der Waals surface area contributed by atoms with Crippen molar-refractivity contribution >= 4 is 17.5 Å². The average molecular weight is 463 g/mol. The zero-order valence-electron chi connectivity index (χ0n) is 17.6. The Balaban J connectivity index is 1.43. The highest BCUT2D eigenvalue weighted by molar-refractivity contribution is 6.30. The third-order valence-corrected chi connectivity index (χ3v) is 6.06. The van der Waals surface area contributed by atoms with Crippen LogP contribution in [0.15, 0.2) is 83.7 Å². The molecule has 1 fully saturated rings. The molecule has 1 saturated heterocycles. The maximum atomic E-state index is 14.0. The average Bonchev–Trinajstić information content (AvgIpc) is 3.49. The zero-order chi connectivity index (χ0) is 22.8. The number of rotatable bonds is 6. The van der Waals surface area contributed by atoms with Crippen LogP contribution >= 0.6 is 11.6 Å². The summed E-state index contributed by atoms with van der Waals surface area (Å²) in [7, 11) is 0. The van der Waals surface area contributed by atoms with E-state index in [1.807, 2.05) is 35.2 Å². The monoisotopic (exact) mass is 462 g/mol. The molecule has 166 valence electrons. The second-order valence-electron chi connectivity index (χ2n) is 7.95. The summed E-state index contributed by atoms with van der Waals surface area (Å²) < 4.78 is 25.4. The van der Waals surface area contributed by atoms with Crippen molar-refractivity contribution in [2.75, 3.05) is 6.54 Å². The first-order valence-electron chi connectivity index (χ1n) is 10.5. The Bertz CT molecular complexity index is 1280. The van der Waals surface area contributed by atoms with Crippen molar-refractivity contribution in [1.29, 1.82) is 0 Å². The van der Waals surface area contributed by atoms with Crippen LogP contribution in [0.4, 0.5) is 4.39 Å². The van der Waals surface area contributed by atoms with E-state index in [-0.39, 0.29) is 16.8 Å². The molecule has 0 radical (unpaired) electrons. The van der Waals surface area contributed by atoms with Gasteiger partial charge in [0.05, 0.1) is 11.2 Å². The molecular weight excluding hydrogens is 443 g/mol. The van der Waals surface area contributed by atoms with Crippen molar-refractivity contribution in [1.82, 2.24) is 9.88 Å². The lowest BCUT2D eigenvalue weighted by Crippen LogP contribution is -2.24. The van der Waals surface area contributed by atoms with Gasteiger partial charge in [-0.1, -0.05) is 54.1 Å². The molecular formula is C26H20ClFN2O3. The van der Waals surface area contributed by atoms with Gasteiger partial charge in [-0.3, -0.25) is 4.79 Å². The number of likely N-dealkylation sites (tertiary alicyclic amines) is 1. The van der Waals surface area contributed by atoms with E-state index in [2.05, 4.69) is 17.1 Å². The number of aromatic nitrogens is 1. The molecule has 1 aliphatic rings. The van der Waals surface area contributed by atoms with Crippen molar-refractivity contribution in [3.8, 4) is 22.8 Å². The molecule has 0 N–H and O–H groups in total. The molecule has 7 heteroatoms. The fourth-order valence-corrected chi connectivity index (χ4v) is 4.16. The van der Waals surface area contributed by atoms with Crippen molar-refractivity contribution in [3.05, 3.63) is 101 Å². The van der Waals surface area contributed by atoms with Gasteiger partial charge in [0.25, 0.3) is 0 Å². The number of amides is 1. The van der Waals surface area contributed by atoms with E-state index in [4.69, 9.17) is 20.8 Å². The Morgan fingerprint density at radius 2 is 1.97 bits per heavy atom. The minimum Gasteiger partial charge on any atom is -0.457 e. The van der Waals surface area contributed by atoms with Crippen LogP contribution in [0.5, 0.6) is 11.5 Å². The second-order valence-corrected chi connectivity index (χ2v) is 8.36. The first kappa shape index (κ1) is 21.2. The highest BCUT2D eigenvalue weighted by Crippen LogP contribution is 2.35. The van der Waals surface area contributed by atoms with Crippen LogP contribution in [0.25, 0.3) is 11.3 Å². The Labute approximate surface area is 195 Å². The van der Waals surface area contributed by atoms with E-state index < -0.39 is 5.82 Å². The van der Waals surface area contributed by atoms with Gasteiger partial charge in [0.1, 0.15) is 17.3 Å². The molecule has 0 saturated carbocycles. The first-order chi connectivity index (χ1) is 16.1. The molecule has 3 aromatic carbocycles. The number of oxazole rings is 1. The molecule has 0 bridgehead atoms. The Morgan fingerprint density at radius 3 is 2.73 bits per heavy atom. The number of carbonyl (C=O) groups excluding carboxylic acids is 1. The zero-order valence-corrected chi connectivity index (χ0v) is 18.3. The lowest BCUT2D eigenvalue weighted by atomic mass is 9.98. The number of hydrogen-bond donors (Lipinski definition) is 0. The van der Waals surface area contributed by atoms with Crippen LogP contribution in [-0.2, 0) is 11.3 Å². The normalized spacial score (nSPS) is 15.8. The van der Waals surface area contributed by atoms with Gasteiger partial charge in [-0.15, -0.1) is 0 Å². The minimum atomic E-state index is -0.567. The van der Waals surface area contributed by atoms with Gasteiger partial charge in [-0.2, -0.15) is 0 Å². The van der Waals surface area contributed by atoms with Gasteiger partial charge in [-0.25, -0.2) is 9.37 Å². The lowest BCUT2D eigenvalue weighted by Gasteiger charge is -2.20.